The molecule has 8 nitrogen and oxygen atoms in total. The standard InChI is InChI=1S/C22H24N4O4S/c1-4-20(30-18-9-6-15(2)16(3)14-18)21(27)25-17-7-10-19(11-8-17)31(28,29)26-22-23-12-5-13-24-22/h5-14,20H,4H2,1-3H3,(H,25,27)(H,23,24,26)/t20-/m1/s1. The number of ether oxygens (including phenoxy) is 1. The molecule has 0 saturated carbocycles. The second kappa shape index (κ2) is 9.57. The molecule has 31 heavy (non-hydrogen) atoms. The van der Waals surface area contributed by atoms with E-state index < -0.39 is 16.1 Å². The number of anilines is 2. The van der Waals surface area contributed by atoms with Gasteiger partial charge in [0.15, 0.2) is 6.10 Å². The van der Waals surface area contributed by atoms with Gasteiger partial charge in [-0.3, -0.25) is 4.79 Å². The summed E-state index contributed by atoms with van der Waals surface area (Å²) in [6.45, 7) is 5.85. The van der Waals surface area contributed by atoms with Gasteiger partial charge in [0.25, 0.3) is 15.9 Å². The predicted molar refractivity (Wildman–Crippen MR) is 119 cm³/mol. The van der Waals surface area contributed by atoms with Crippen LogP contribution in [0.1, 0.15) is 24.5 Å². The molecular formula is C22H24N4O4S. The van der Waals surface area contributed by atoms with Gasteiger partial charge in [-0.1, -0.05) is 13.0 Å². The van der Waals surface area contributed by atoms with Gasteiger partial charge in [0.1, 0.15) is 5.75 Å². The minimum Gasteiger partial charge on any atom is -0.481 e. The maximum Gasteiger partial charge on any atom is 0.265 e. The van der Waals surface area contributed by atoms with Crippen LogP contribution in [0.4, 0.5) is 11.6 Å². The van der Waals surface area contributed by atoms with E-state index in [-0.39, 0.29) is 16.8 Å². The molecule has 3 aromatic rings. The summed E-state index contributed by atoms with van der Waals surface area (Å²) in [5.41, 5.74) is 2.69. The van der Waals surface area contributed by atoms with Crippen molar-refractivity contribution in [2.24, 2.45) is 0 Å². The second-order valence-corrected chi connectivity index (χ2v) is 8.63. The van der Waals surface area contributed by atoms with Crippen molar-refractivity contribution in [1.82, 2.24) is 9.97 Å². The van der Waals surface area contributed by atoms with E-state index in [1.807, 2.05) is 39.0 Å². The molecule has 0 spiro atoms. The Balaban J connectivity index is 1.66. The molecule has 0 aliphatic rings. The second-order valence-electron chi connectivity index (χ2n) is 6.95. The Hall–Kier alpha value is -3.46. The van der Waals surface area contributed by atoms with Gasteiger partial charge in [-0.05, 0) is 73.9 Å². The van der Waals surface area contributed by atoms with Crippen LogP contribution in [0.15, 0.2) is 65.8 Å². The summed E-state index contributed by atoms with van der Waals surface area (Å²) in [5.74, 6) is 0.294. The van der Waals surface area contributed by atoms with Crippen molar-refractivity contribution in [3.05, 3.63) is 72.1 Å². The number of amides is 1. The number of carbonyl (C=O) groups is 1. The largest absolute Gasteiger partial charge is 0.481 e. The van der Waals surface area contributed by atoms with Crippen LogP contribution in [0.5, 0.6) is 5.75 Å². The Bertz CT molecular complexity index is 1150. The molecule has 2 N–H and O–H groups in total. The fraction of sp³-hybridized carbons (Fsp3) is 0.227. The Kier molecular flexibility index (Phi) is 6.86. The van der Waals surface area contributed by atoms with Gasteiger partial charge in [0, 0.05) is 18.1 Å². The summed E-state index contributed by atoms with van der Waals surface area (Å²) in [6.07, 6.45) is 2.68. The number of benzene rings is 2. The maximum absolute atomic E-state index is 12.6. The average Bonchev–Trinajstić information content (AvgIpc) is 2.75. The molecule has 3 rings (SSSR count). The molecule has 0 fully saturated rings. The monoisotopic (exact) mass is 440 g/mol. The van der Waals surface area contributed by atoms with Crippen molar-refractivity contribution < 1.29 is 17.9 Å². The van der Waals surface area contributed by atoms with Crippen LogP contribution in [-0.2, 0) is 14.8 Å². The first-order valence-electron chi connectivity index (χ1n) is 9.73. The highest BCUT2D eigenvalue weighted by molar-refractivity contribution is 7.92. The molecule has 1 atom stereocenters. The van der Waals surface area contributed by atoms with Crippen LogP contribution >= 0.6 is 0 Å². The van der Waals surface area contributed by atoms with E-state index in [1.54, 1.807) is 6.07 Å². The van der Waals surface area contributed by atoms with E-state index in [9.17, 15) is 13.2 Å². The normalized spacial score (nSPS) is 12.1. The van der Waals surface area contributed by atoms with Gasteiger partial charge in [0.2, 0.25) is 5.95 Å². The fourth-order valence-corrected chi connectivity index (χ4v) is 3.70. The fourth-order valence-electron chi connectivity index (χ4n) is 2.74. The number of carbonyl (C=O) groups excluding carboxylic acids is 1. The van der Waals surface area contributed by atoms with Gasteiger partial charge in [-0.15, -0.1) is 0 Å². The Morgan fingerprint density at radius 2 is 1.71 bits per heavy atom. The quantitative estimate of drug-likeness (QED) is 0.553. The van der Waals surface area contributed by atoms with Crippen molar-refractivity contribution in [3.8, 4) is 5.75 Å². The lowest BCUT2D eigenvalue weighted by molar-refractivity contribution is -0.122. The van der Waals surface area contributed by atoms with E-state index in [1.165, 1.54) is 36.7 Å². The molecule has 9 heteroatoms. The summed E-state index contributed by atoms with van der Waals surface area (Å²) in [5, 5.41) is 2.76. The molecule has 0 unspecified atom stereocenters. The number of rotatable bonds is 8. The van der Waals surface area contributed by atoms with Crippen molar-refractivity contribution in [3.63, 3.8) is 0 Å². The third-order valence-electron chi connectivity index (χ3n) is 4.64. The maximum atomic E-state index is 12.6. The summed E-state index contributed by atoms with van der Waals surface area (Å²) < 4.78 is 33.0. The lowest BCUT2D eigenvalue weighted by atomic mass is 10.1. The molecular weight excluding hydrogens is 416 g/mol. The predicted octanol–water partition coefficient (Wildman–Crippen LogP) is 3.69. The molecule has 1 aromatic heterocycles. The van der Waals surface area contributed by atoms with Crippen molar-refractivity contribution in [2.75, 3.05) is 10.0 Å². The van der Waals surface area contributed by atoms with Crippen molar-refractivity contribution in [1.29, 1.82) is 0 Å². The number of hydrogen-bond acceptors (Lipinski definition) is 6. The molecule has 1 amide bonds. The number of nitrogens with zero attached hydrogens (tertiary/aromatic N) is 2. The smallest absolute Gasteiger partial charge is 0.265 e. The molecule has 2 aromatic carbocycles. The molecule has 0 radical (unpaired) electrons. The third kappa shape index (κ3) is 5.79. The molecule has 0 saturated heterocycles. The first-order valence-corrected chi connectivity index (χ1v) is 11.2. The van der Waals surface area contributed by atoms with Crippen molar-refractivity contribution in [2.45, 2.75) is 38.2 Å². The number of aromatic nitrogens is 2. The summed E-state index contributed by atoms with van der Waals surface area (Å²) in [6, 6.07) is 13.1. The molecule has 0 bridgehead atoms. The van der Waals surface area contributed by atoms with E-state index in [0.29, 0.717) is 17.9 Å². The van der Waals surface area contributed by atoms with Crippen LogP contribution in [-0.4, -0.2) is 30.4 Å². The van der Waals surface area contributed by atoms with Crippen LogP contribution in [0.3, 0.4) is 0 Å². The average molecular weight is 441 g/mol. The lowest BCUT2D eigenvalue weighted by Gasteiger charge is -2.18. The van der Waals surface area contributed by atoms with E-state index in [4.69, 9.17) is 4.74 Å². The summed E-state index contributed by atoms with van der Waals surface area (Å²) in [7, 11) is -3.84. The Morgan fingerprint density at radius 3 is 2.32 bits per heavy atom. The topological polar surface area (TPSA) is 110 Å². The van der Waals surface area contributed by atoms with Crippen LogP contribution < -0.4 is 14.8 Å². The molecule has 162 valence electrons. The zero-order valence-electron chi connectivity index (χ0n) is 17.5. The van der Waals surface area contributed by atoms with Gasteiger partial charge in [-0.25, -0.2) is 23.1 Å². The highest BCUT2D eigenvalue weighted by Crippen LogP contribution is 2.20. The number of nitrogens with one attached hydrogen (secondary N) is 2. The van der Waals surface area contributed by atoms with Crippen molar-refractivity contribution >= 4 is 27.6 Å². The van der Waals surface area contributed by atoms with Crippen LogP contribution in [0.2, 0.25) is 0 Å². The van der Waals surface area contributed by atoms with E-state index >= 15 is 0 Å². The SMILES string of the molecule is CC[C@@H](Oc1ccc(C)c(C)c1)C(=O)Nc1ccc(S(=O)(=O)Nc2ncccn2)cc1. The third-order valence-corrected chi connectivity index (χ3v) is 5.99. The highest BCUT2D eigenvalue weighted by Gasteiger charge is 2.20. The highest BCUT2D eigenvalue weighted by atomic mass is 32.2. The minimum atomic E-state index is -3.84. The number of hydrogen-bond donors (Lipinski definition) is 2. The minimum absolute atomic E-state index is 0.0193. The zero-order chi connectivity index (χ0) is 22.4. The van der Waals surface area contributed by atoms with Gasteiger partial charge in [0.05, 0.1) is 4.90 Å². The number of aryl methyl sites for hydroxylation is 2. The first kappa shape index (κ1) is 22.2. The molecule has 0 aliphatic heterocycles. The molecule has 0 aliphatic carbocycles. The van der Waals surface area contributed by atoms with E-state index in [0.717, 1.165) is 11.1 Å². The lowest BCUT2D eigenvalue weighted by Crippen LogP contribution is -2.32. The molecule has 1 heterocycles. The Labute approximate surface area is 181 Å². The van der Waals surface area contributed by atoms with Crippen LogP contribution in [0, 0.1) is 13.8 Å². The van der Waals surface area contributed by atoms with Gasteiger partial charge >= 0.3 is 0 Å². The Morgan fingerprint density at radius 1 is 1.03 bits per heavy atom. The summed E-state index contributed by atoms with van der Waals surface area (Å²) in [4.78, 5) is 20.4. The van der Waals surface area contributed by atoms with E-state index in [2.05, 4.69) is 20.0 Å². The zero-order valence-corrected chi connectivity index (χ0v) is 18.3. The van der Waals surface area contributed by atoms with Gasteiger partial charge < -0.3 is 10.1 Å². The van der Waals surface area contributed by atoms with Gasteiger partial charge in [-0.2, -0.15) is 0 Å². The van der Waals surface area contributed by atoms with Crippen LogP contribution in [0.25, 0.3) is 0 Å². The number of sulfonamides is 1. The summed E-state index contributed by atoms with van der Waals surface area (Å²) >= 11 is 0. The first-order chi connectivity index (χ1) is 14.8.